The first kappa shape index (κ1) is 13.9. The molecule has 4 heteroatoms. The van der Waals surface area contributed by atoms with E-state index in [9.17, 15) is 4.79 Å². The second-order valence-corrected chi connectivity index (χ2v) is 4.98. The molecule has 3 N–H and O–H groups in total. The molecule has 0 bridgehead atoms. The number of hydrogen-bond acceptors (Lipinski definition) is 3. The first-order chi connectivity index (χ1) is 9.20. The number of ether oxygens (including phenoxy) is 1. The van der Waals surface area contributed by atoms with E-state index in [1.54, 1.807) is 7.05 Å². The van der Waals surface area contributed by atoms with Crippen LogP contribution < -0.4 is 15.8 Å². The molecule has 1 amide bonds. The quantitative estimate of drug-likeness (QED) is 0.797. The Morgan fingerprint density at radius 2 is 2.37 bits per heavy atom. The molecule has 1 aliphatic rings. The van der Waals surface area contributed by atoms with E-state index in [-0.39, 0.29) is 11.9 Å². The third-order valence-corrected chi connectivity index (χ3v) is 3.57. The minimum Gasteiger partial charge on any atom is -0.494 e. The summed E-state index contributed by atoms with van der Waals surface area (Å²) in [7, 11) is 1.65. The molecule has 0 unspecified atom stereocenters. The van der Waals surface area contributed by atoms with Crippen molar-refractivity contribution >= 4 is 5.91 Å². The highest BCUT2D eigenvalue weighted by Gasteiger charge is 2.17. The van der Waals surface area contributed by atoms with E-state index in [1.165, 1.54) is 17.5 Å². The van der Waals surface area contributed by atoms with Crippen molar-refractivity contribution in [2.75, 3.05) is 13.7 Å². The Kier molecular flexibility index (Phi) is 4.80. The number of aryl methyl sites for hydroxylation is 1. The summed E-state index contributed by atoms with van der Waals surface area (Å²) >= 11 is 0. The number of hydrogen-bond donors (Lipinski definition) is 2. The molecule has 0 radical (unpaired) electrons. The third kappa shape index (κ3) is 3.70. The fourth-order valence-corrected chi connectivity index (χ4v) is 2.45. The molecule has 0 saturated heterocycles. The van der Waals surface area contributed by atoms with E-state index in [2.05, 4.69) is 17.4 Å². The maximum absolute atomic E-state index is 11.1. The molecule has 0 aromatic heterocycles. The number of rotatable bonds is 5. The smallest absolute Gasteiger partial charge is 0.219 e. The van der Waals surface area contributed by atoms with Gasteiger partial charge < -0.3 is 15.8 Å². The Morgan fingerprint density at radius 1 is 1.53 bits per heavy atom. The van der Waals surface area contributed by atoms with Crippen molar-refractivity contribution < 1.29 is 9.53 Å². The van der Waals surface area contributed by atoms with Crippen molar-refractivity contribution in [1.29, 1.82) is 0 Å². The number of benzene rings is 1. The van der Waals surface area contributed by atoms with Gasteiger partial charge in [-0.1, -0.05) is 6.07 Å². The molecule has 4 nitrogen and oxygen atoms in total. The molecule has 0 aliphatic heterocycles. The summed E-state index contributed by atoms with van der Waals surface area (Å²) in [6.07, 6.45) is 4.55. The number of carbonyl (C=O) groups is 1. The van der Waals surface area contributed by atoms with E-state index in [1.807, 2.05) is 6.07 Å². The maximum atomic E-state index is 11.1. The van der Waals surface area contributed by atoms with Gasteiger partial charge in [-0.2, -0.15) is 0 Å². The fraction of sp³-hybridized carbons (Fsp3) is 0.533. The summed E-state index contributed by atoms with van der Waals surface area (Å²) in [5.41, 5.74) is 8.68. The molecule has 1 aromatic rings. The molecule has 19 heavy (non-hydrogen) atoms. The van der Waals surface area contributed by atoms with Crippen molar-refractivity contribution in [2.45, 2.75) is 38.1 Å². The zero-order chi connectivity index (χ0) is 13.7. The van der Waals surface area contributed by atoms with Gasteiger partial charge in [-0.15, -0.1) is 0 Å². The Hall–Kier alpha value is -1.55. The molecule has 104 valence electrons. The first-order valence-electron chi connectivity index (χ1n) is 6.92. The van der Waals surface area contributed by atoms with Gasteiger partial charge in [0.2, 0.25) is 5.91 Å². The van der Waals surface area contributed by atoms with E-state index in [0.717, 1.165) is 25.0 Å². The second kappa shape index (κ2) is 6.57. The molecule has 1 atom stereocenters. The number of nitrogens with one attached hydrogen (secondary N) is 1. The topological polar surface area (TPSA) is 64.3 Å². The zero-order valence-corrected chi connectivity index (χ0v) is 11.4. The molecular formula is C15H22N2O2. The zero-order valence-electron chi connectivity index (χ0n) is 11.4. The van der Waals surface area contributed by atoms with Crippen molar-refractivity contribution in [3.05, 3.63) is 29.3 Å². The van der Waals surface area contributed by atoms with E-state index >= 15 is 0 Å². The molecule has 0 heterocycles. The summed E-state index contributed by atoms with van der Waals surface area (Å²) < 4.78 is 5.68. The largest absolute Gasteiger partial charge is 0.494 e. The van der Waals surface area contributed by atoms with Crippen LogP contribution in [0.3, 0.4) is 0 Å². The van der Waals surface area contributed by atoms with E-state index in [4.69, 9.17) is 10.5 Å². The van der Waals surface area contributed by atoms with E-state index in [0.29, 0.717) is 13.0 Å². The number of carbonyl (C=O) groups excluding carboxylic acids is 1. The lowest BCUT2D eigenvalue weighted by Crippen LogP contribution is -2.18. The Morgan fingerprint density at radius 3 is 3.16 bits per heavy atom. The highest BCUT2D eigenvalue weighted by molar-refractivity contribution is 5.75. The van der Waals surface area contributed by atoms with Crippen molar-refractivity contribution in [2.24, 2.45) is 5.73 Å². The Balaban J connectivity index is 1.88. The summed E-state index contributed by atoms with van der Waals surface area (Å²) in [4.78, 5) is 11.1. The number of fused-ring (bicyclic) bond motifs is 1. The van der Waals surface area contributed by atoms with Crippen LogP contribution in [-0.4, -0.2) is 19.6 Å². The SMILES string of the molecule is CNC(=O)CCCOc1ccc2c(c1)[C@@H](N)CCC2. The van der Waals surface area contributed by atoms with Crippen LogP contribution in [0, 0.1) is 0 Å². The van der Waals surface area contributed by atoms with Crippen LogP contribution in [0.25, 0.3) is 0 Å². The molecule has 1 aromatic carbocycles. The van der Waals surface area contributed by atoms with Gasteiger partial charge in [0.05, 0.1) is 6.61 Å². The van der Waals surface area contributed by atoms with Gasteiger partial charge in [0.1, 0.15) is 5.75 Å². The summed E-state index contributed by atoms with van der Waals surface area (Å²) in [5, 5.41) is 2.60. The average Bonchev–Trinajstić information content (AvgIpc) is 2.44. The third-order valence-electron chi connectivity index (χ3n) is 3.57. The highest BCUT2D eigenvalue weighted by Crippen LogP contribution is 2.30. The van der Waals surface area contributed by atoms with Gasteiger partial charge >= 0.3 is 0 Å². The minimum absolute atomic E-state index is 0.0519. The van der Waals surface area contributed by atoms with Gasteiger partial charge in [-0.3, -0.25) is 4.79 Å². The monoisotopic (exact) mass is 262 g/mol. The predicted molar refractivity (Wildman–Crippen MR) is 75.1 cm³/mol. The van der Waals surface area contributed by atoms with Gasteiger partial charge in [-0.05, 0) is 48.9 Å². The highest BCUT2D eigenvalue weighted by atomic mass is 16.5. The summed E-state index contributed by atoms with van der Waals surface area (Å²) in [5.74, 6) is 0.907. The lowest BCUT2D eigenvalue weighted by atomic mass is 9.88. The van der Waals surface area contributed by atoms with Crippen molar-refractivity contribution in [3.8, 4) is 5.75 Å². The van der Waals surface area contributed by atoms with Crippen LogP contribution >= 0.6 is 0 Å². The normalized spacial score (nSPS) is 17.7. The maximum Gasteiger partial charge on any atom is 0.219 e. The second-order valence-electron chi connectivity index (χ2n) is 4.98. The van der Waals surface area contributed by atoms with Crippen LogP contribution in [0.15, 0.2) is 18.2 Å². The molecular weight excluding hydrogens is 240 g/mol. The van der Waals surface area contributed by atoms with Crippen molar-refractivity contribution in [1.82, 2.24) is 5.32 Å². The minimum atomic E-state index is 0.0519. The summed E-state index contributed by atoms with van der Waals surface area (Å²) in [6, 6.07) is 6.30. The Bertz CT molecular complexity index is 446. The molecule has 0 spiro atoms. The number of amides is 1. The molecule has 0 saturated carbocycles. The molecule has 1 aliphatic carbocycles. The van der Waals surface area contributed by atoms with Crippen molar-refractivity contribution in [3.63, 3.8) is 0 Å². The van der Waals surface area contributed by atoms with Crippen LogP contribution in [-0.2, 0) is 11.2 Å². The van der Waals surface area contributed by atoms with Crippen LogP contribution in [0.1, 0.15) is 42.9 Å². The van der Waals surface area contributed by atoms with Crippen LogP contribution in [0.2, 0.25) is 0 Å². The van der Waals surface area contributed by atoms with Crippen LogP contribution in [0.5, 0.6) is 5.75 Å². The predicted octanol–water partition coefficient (Wildman–Crippen LogP) is 1.93. The van der Waals surface area contributed by atoms with E-state index < -0.39 is 0 Å². The average molecular weight is 262 g/mol. The fourth-order valence-electron chi connectivity index (χ4n) is 2.45. The molecule has 2 rings (SSSR count). The molecule has 0 fully saturated rings. The first-order valence-corrected chi connectivity index (χ1v) is 6.92. The lowest BCUT2D eigenvalue weighted by Gasteiger charge is -2.22. The summed E-state index contributed by atoms with van der Waals surface area (Å²) in [6.45, 7) is 0.557. The number of nitrogens with two attached hydrogens (primary N) is 1. The standard InChI is InChI=1S/C15H22N2O2/c1-17-15(18)6-3-9-19-12-8-7-11-4-2-5-14(16)13(11)10-12/h7-8,10,14H,2-6,9,16H2,1H3,(H,17,18)/t14-/m0/s1. The Labute approximate surface area is 114 Å². The van der Waals surface area contributed by atoms with Gasteiger partial charge in [0.15, 0.2) is 0 Å². The van der Waals surface area contributed by atoms with Gasteiger partial charge in [0.25, 0.3) is 0 Å². The van der Waals surface area contributed by atoms with Gasteiger partial charge in [-0.25, -0.2) is 0 Å². The van der Waals surface area contributed by atoms with Gasteiger partial charge in [0, 0.05) is 19.5 Å². The lowest BCUT2D eigenvalue weighted by molar-refractivity contribution is -0.120. The van der Waals surface area contributed by atoms with Crippen LogP contribution in [0.4, 0.5) is 0 Å².